The number of aromatic nitrogens is 3. The van der Waals surface area contributed by atoms with Crippen molar-refractivity contribution in [3.8, 4) is 11.3 Å². The van der Waals surface area contributed by atoms with Crippen LogP contribution in [-0.4, -0.2) is 15.1 Å². The van der Waals surface area contributed by atoms with Crippen molar-refractivity contribution in [3.63, 3.8) is 0 Å². The summed E-state index contributed by atoms with van der Waals surface area (Å²) in [5.74, 6) is 0.607. The summed E-state index contributed by atoms with van der Waals surface area (Å²) >= 11 is 6.02. The van der Waals surface area contributed by atoms with Gasteiger partial charge in [0, 0.05) is 17.1 Å². The number of nitrogens with one attached hydrogen (secondary N) is 1. The predicted molar refractivity (Wildman–Crippen MR) is 98.6 cm³/mol. The van der Waals surface area contributed by atoms with Crippen molar-refractivity contribution in [2.45, 2.75) is 13.5 Å². The Morgan fingerprint density at radius 1 is 1.08 bits per heavy atom. The second-order valence-corrected chi connectivity index (χ2v) is 6.22. The summed E-state index contributed by atoms with van der Waals surface area (Å²) in [5, 5.41) is 8.15. The molecule has 4 rings (SSSR count). The van der Waals surface area contributed by atoms with Crippen molar-refractivity contribution >= 4 is 28.5 Å². The van der Waals surface area contributed by atoms with Gasteiger partial charge < -0.3 is 9.84 Å². The Morgan fingerprint density at radius 2 is 1.92 bits per heavy atom. The van der Waals surface area contributed by atoms with Crippen LogP contribution in [0.3, 0.4) is 0 Å². The normalized spacial score (nSPS) is 11.0. The molecule has 2 aromatic heterocycles. The lowest BCUT2D eigenvalue weighted by molar-refractivity contribution is 0.459. The number of rotatable bonds is 4. The highest BCUT2D eigenvalue weighted by Gasteiger charge is 2.15. The third-order valence-electron chi connectivity index (χ3n) is 3.93. The van der Waals surface area contributed by atoms with Crippen LogP contribution in [0.25, 0.3) is 22.4 Å². The third kappa shape index (κ3) is 3.19. The molecule has 124 valence electrons. The van der Waals surface area contributed by atoms with Crippen molar-refractivity contribution in [1.82, 2.24) is 15.1 Å². The fourth-order valence-corrected chi connectivity index (χ4v) is 2.84. The van der Waals surface area contributed by atoms with Crippen LogP contribution in [0.4, 0.5) is 5.82 Å². The van der Waals surface area contributed by atoms with Crippen LogP contribution in [0.15, 0.2) is 59.4 Å². The van der Waals surface area contributed by atoms with E-state index in [-0.39, 0.29) is 0 Å². The molecule has 2 aromatic carbocycles. The first-order valence-electron chi connectivity index (χ1n) is 7.86. The lowest BCUT2D eigenvalue weighted by Crippen LogP contribution is -2.02. The lowest BCUT2D eigenvalue weighted by Gasteiger charge is -2.05. The lowest BCUT2D eigenvalue weighted by atomic mass is 10.1. The van der Waals surface area contributed by atoms with Gasteiger partial charge in [-0.05, 0) is 24.6 Å². The second-order valence-electron chi connectivity index (χ2n) is 5.78. The summed E-state index contributed by atoms with van der Waals surface area (Å²) in [4.78, 5) is 8.62. The number of anilines is 1. The largest absolute Gasteiger partial charge is 0.363 e. The highest BCUT2D eigenvalue weighted by Crippen LogP contribution is 2.29. The van der Waals surface area contributed by atoms with E-state index >= 15 is 0 Å². The summed E-state index contributed by atoms with van der Waals surface area (Å²) in [7, 11) is 0. The van der Waals surface area contributed by atoms with E-state index in [2.05, 4.69) is 20.4 Å². The molecule has 0 amide bonds. The highest BCUT2D eigenvalue weighted by atomic mass is 35.5. The summed E-state index contributed by atoms with van der Waals surface area (Å²) in [6.45, 7) is 2.62. The summed E-state index contributed by atoms with van der Waals surface area (Å²) in [6, 6.07) is 15.8. The third-order valence-corrected chi connectivity index (χ3v) is 4.17. The van der Waals surface area contributed by atoms with Crippen LogP contribution in [0.2, 0.25) is 5.02 Å². The molecular formula is C19H15ClN4O. The maximum atomic E-state index is 6.02. The molecule has 0 saturated carbocycles. The summed E-state index contributed by atoms with van der Waals surface area (Å²) < 4.78 is 5.51. The van der Waals surface area contributed by atoms with Crippen molar-refractivity contribution in [3.05, 3.63) is 71.0 Å². The topological polar surface area (TPSA) is 63.8 Å². The van der Waals surface area contributed by atoms with Gasteiger partial charge in [-0.15, -0.1) is 0 Å². The van der Waals surface area contributed by atoms with Crippen LogP contribution in [0.1, 0.15) is 11.1 Å². The Hall–Kier alpha value is -2.92. The van der Waals surface area contributed by atoms with E-state index in [0.717, 1.165) is 11.1 Å². The quantitative estimate of drug-likeness (QED) is 0.569. The standard InChI is InChI=1S/C19H15ClN4O/c1-12-5-7-14(8-6-12)16-17-18(25-24-16)19(23-11-22-17)21-10-13-3-2-4-15(20)9-13/h2-9,11H,10H2,1H3,(H,21,22,23). The maximum Gasteiger partial charge on any atom is 0.228 e. The molecular weight excluding hydrogens is 336 g/mol. The van der Waals surface area contributed by atoms with Crippen molar-refractivity contribution in [2.75, 3.05) is 5.32 Å². The van der Waals surface area contributed by atoms with E-state index in [1.54, 1.807) is 0 Å². The first-order chi connectivity index (χ1) is 12.2. The monoisotopic (exact) mass is 350 g/mol. The van der Waals surface area contributed by atoms with E-state index in [0.29, 0.717) is 34.2 Å². The second kappa shape index (κ2) is 6.53. The predicted octanol–water partition coefficient (Wildman–Crippen LogP) is 4.86. The van der Waals surface area contributed by atoms with Crippen molar-refractivity contribution in [1.29, 1.82) is 0 Å². The van der Waals surface area contributed by atoms with Crippen LogP contribution in [0, 0.1) is 6.92 Å². The van der Waals surface area contributed by atoms with Crippen LogP contribution in [0.5, 0.6) is 0 Å². The molecule has 0 aliphatic rings. The Kier molecular flexibility index (Phi) is 4.07. The molecule has 0 saturated heterocycles. The minimum Gasteiger partial charge on any atom is -0.363 e. The molecule has 4 aromatic rings. The first-order valence-corrected chi connectivity index (χ1v) is 8.24. The molecule has 1 N–H and O–H groups in total. The first kappa shape index (κ1) is 15.6. The molecule has 6 heteroatoms. The minimum atomic E-state index is 0.542. The zero-order valence-electron chi connectivity index (χ0n) is 13.5. The van der Waals surface area contributed by atoms with Gasteiger partial charge in [-0.3, -0.25) is 0 Å². The number of hydrogen-bond acceptors (Lipinski definition) is 5. The zero-order valence-corrected chi connectivity index (χ0v) is 14.3. The van der Waals surface area contributed by atoms with Gasteiger partial charge in [0.15, 0.2) is 5.82 Å². The van der Waals surface area contributed by atoms with E-state index in [1.165, 1.54) is 11.9 Å². The van der Waals surface area contributed by atoms with E-state index in [1.807, 2.05) is 55.5 Å². The number of halogens is 1. The van der Waals surface area contributed by atoms with Crippen LogP contribution < -0.4 is 5.32 Å². The van der Waals surface area contributed by atoms with Gasteiger partial charge in [0.1, 0.15) is 17.5 Å². The molecule has 25 heavy (non-hydrogen) atoms. The number of fused-ring (bicyclic) bond motifs is 1. The average molecular weight is 351 g/mol. The zero-order chi connectivity index (χ0) is 17.2. The van der Waals surface area contributed by atoms with E-state index < -0.39 is 0 Å². The molecule has 0 atom stereocenters. The van der Waals surface area contributed by atoms with Gasteiger partial charge >= 0.3 is 0 Å². The molecule has 0 radical (unpaired) electrons. The Balaban J connectivity index is 1.66. The molecule has 0 aliphatic heterocycles. The van der Waals surface area contributed by atoms with Gasteiger partial charge in [-0.25, -0.2) is 9.97 Å². The van der Waals surface area contributed by atoms with Crippen molar-refractivity contribution < 1.29 is 4.52 Å². The average Bonchev–Trinajstić information content (AvgIpc) is 3.05. The number of hydrogen-bond donors (Lipinski definition) is 1. The smallest absolute Gasteiger partial charge is 0.228 e. The fraction of sp³-hybridized carbons (Fsp3) is 0.105. The number of nitrogens with zero attached hydrogens (tertiary/aromatic N) is 3. The van der Waals surface area contributed by atoms with Gasteiger partial charge in [0.2, 0.25) is 5.58 Å². The molecule has 0 spiro atoms. The summed E-state index contributed by atoms with van der Waals surface area (Å²) in [6.07, 6.45) is 1.51. The Labute approximate surface area is 149 Å². The van der Waals surface area contributed by atoms with Crippen molar-refractivity contribution in [2.24, 2.45) is 0 Å². The maximum absolute atomic E-state index is 6.02. The minimum absolute atomic E-state index is 0.542. The van der Waals surface area contributed by atoms with Crippen LogP contribution in [-0.2, 0) is 6.54 Å². The molecule has 0 bridgehead atoms. The van der Waals surface area contributed by atoms with Gasteiger partial charge in [-0.2, -0.15) is 0 Å². The van der Waals surface area contributed by atoms with E-state index in [4.69, 9.17) is 16.1 Å². The Morgan fingerprint density at radius 3 is 2.72 bits per heavy atom. The Bertz CT molecular complexity index is 1030. The highest BCUT2D eigenvalue weighted by molar-refractivity contribution is 6.30. The van der Waals surface area contributed by atoms with E-state index in [9.17, 15) is 0 Å². The van der Waals surface area contributed by atoms with Crippen LogP contribution >= 0.6 is 11.6 Å². The van der Waals surface area contributed by atoms with Gasteiger partial charge in [0.05, 0.1) is 0 Å². The number of benzene rings is 2. The molecule has 0 aliphatic carbocycles. The molecule has 5 nitrogen and oxygen atoms in total. The van der Waals surface area contributed by atoms with Gasteiger partial charge in [-0.1, -0.05) is 58.7 Å². The summed E-state index contributed by atoms with van der Waals surface area (Å²) in [5.41, 5.74) is 5.15. The number of aryl methyl sites for hydroxylation is 1. The molecule has 0 unspecified atom stereocenters. The molecule has 0 fully saturated rings. The molecule has 2 heterocycles. The van der Waals surface area contributed by atoms with Gasteiger partial charge in [0.25, 0.3) is 0 Å². The SMILES string of the molecule is Cc1ccc(-c2noc3c(NCc4cccc(Cl)c4)ncnc23)cc1. The fourth-order valence-electron chi connectivity index (χ4n) is 2.62.